The number of amides is 1. The molecule has 2 aromatic rings. The molecular weight excluding hydrogens is 308 g/mol. The van der Waals surface area contributed by atoms with Gasteiger partial charge in [-0.1, -0.05) is 12.1 Å². The summed E-state index contributed by atoms with van der Waals surface area (Å²) in [5.74, 6) is 1.12. The fourth-order valence-electron chi connectivity index (χ4n) is 2.78. The number of carbonyl (C=O) groups excluding carboxylic acids is 1. The fourth-order valence-corrected chi connectivity index (χ4v) is 3.42. The average Bonchev–Trinajstić information content (AvgIpc) is 3.13. The number of thiophene rings is 1. The summed E-state index contributed by atoms with van der Waals surface area (Å²) in [6.07, 6.45) is 1.82. The van der Waals surface area contributed by atoms with Crippen molar-refractivity contribution >= 4 is 23.1 Å². The lowest BCUT2D eigenvalue weighted by molar-refractivity contribution is -0.126. The molecule has 0 unspecified atom stereocenters. The largest absolute Gasteiger partial charge is 0.354 e. The molecule has 5 nitrogen and oxygen atoms in total. The van der Waals surface area contributed by atoms with Gasteiger partial charge in [-0.25, -0.2) is 4.98 Å². The van der Waals surface area contributed by atoms with Gasteiger partial charge in [0.2, 0.25) is 5.91 Å². The lowest BCUT2D eigenvalue weighted by Crippen LogP contribution is -2.54. The zero-order chi connectivity index (χ0) is 16.1. The van der Waals surface area contributed by atoms with E-state index in [0.29, 0.717) is 6.54 Å². The summed E-state index contributed by atoms with van der Waals surface area (Å²) in [5.41, 5.74) is 0. The van der Waals surface area contributed by atoms with Gasteiger partial charge in [0, 0.05) is 37.3 Å². The highest BCUT2D eigenvalue weighted by atomic mass is 32.1. The summed E-state index contributed by atoms with van der Waals surface area (Å²) in [5, 5.41) is 5.06. The van der Waals surface area contributed by atoms with Crippen molar-refractivity contribution in [3.05, 3.63) is 46.8 Å². The zero-order valence-electron chi connectivity index (χ0n) is 13.3. The first kappa shape index (κ1) is 16.0. The van der Waals surface area contributed by atoms with Crippen LogP contribution in [-0.2, 0) is 11.3 Å². The summed E-state index contributed by atoms with van der Waals surface area (Å²) < 4.78 is 0. The molecule has 23 heavy (non-hydrogen) atoms. The molecule has 1 fully saturated rings. The van der Waals surface area contributed by atoms with E-state index >= 15 is 0 Å². The maximum atomic E-state index is 12.3. The van der Waals surface area contributed by atoms with Crippen LogP contribution in [0.15, 0.2) is 41.9 Å². The molecule has 1 amide bonds. The minimum absolute atomic E-state index is 0.0964. The van der Waals surface area contributed by atoms with Crippen molar-refractivity contribution < 1.29 is 4.79 Å². The number of anilines is 1. The van der Waals surface area contributed by atoms with E-state index in [-0.39, 0.29) is 11.9 Å². The van der Waals surface area contributed by atoms with Crippen LogP contribution < -0.4 is 10.2 Å². The predicted molar refractivity (Wildman–Crippen MR) is 93.7 cm³/mol. The first-order valence-electron chi connectivity index (χ1n) is 7.94. The van der Waals surface area contributed by atoms with Crippen molar-refractivity contribution in [2.75, 3.05) is 31.1 Å². The van der Waals surface area contributed by atoms with E-state index in [0.717, 1.165) is 32.0 Å². The molecule has 3 heterocycles. The maximum Gasteiger partial charge on any atom is 0.237 e. The van der Waals surface area contributed by atoms with Crippen LogP contribution in [-0.4, -0.2) is 48.0 Å². The summed E-state index contributed by atoms with van der Waals surface area (Å²) in [6, 6.07) is 9.93. The van der Waals surface area contributed by atoms with Crippen molar-refractivity contribution in [3.8, 4) is 0 Å². The lowest BCUT2D eigenvalue weighted by atomic mass is 10.2. The predicted octanol–water partition coefficient (Wildman–Crippen LogP) is 1.97. The maximum absolute atomic E-state index is 12.3. The molecule has 0 spiro atoms. The van der Waals surface area contributed by atoms with Crippen LogP contribution in [0, 0.1) is 0 Å². The Balaban J connectivity index is 1.47. The normalized spacial score (nSPS) is 17.0. The van der Waals surface area contributed by atoms with Gasteiger partial charge in [-0.05, 0) is 30.5 Å². The van der Waals surface area contributed by atoms with Crippen LogP contribution in [0.3, 0.4) is 0 Å². The van der Waals surface area contributed by atoms with Gasteiger partial charge in [0.25, 0.3) is 0 Å². The number of nitrogens with one attached hydrogen (secondary N) is 1. The SMILES string of the molecule is C[C@@H](C(=O)NCc1cccs1)N1CCN(c2ccccn2)CC1. The number of carbonyl (C=O) groups is 1. The summed E-state index contributed by atoms with van der Waals surface area (Å²) in [7, 11) is 0. The molecule has 6 heteroatoms. The Bertz CT molecular complexity index is 609. The molecule has 1 N–H and O–H groups in total. The first-order valence-corrected chi connectivity index (χ1v) is 8.82. The quantitative estimate of drug-likeness (QED) is 0.911. The molecule has 2 aromatic heterocycles. The highest BCUT2D eigenvalue weighted by Crippen LogP contribution is 2.14. The third-order valence-corrected chi connectivity index (χ3v) is 5.11. The molecule has 1 aliphatic rings. The minimum atomic E-state index is -0.0964. The Hall–Kier alpha value is -1.92. The minimum Gasteiger partial charge on any atom is -0.354 e. The van der Waals surface area contributed by atoms with Crippen LogP contribution >= 0.6 is 11.3 Å². The van der Waals surface area contributed by atoms with Gasteiger partial charge in [0.05, 0.1) is 12.6 Å². The van der Waals surface area contributed by atoms with E-state index in [1.807, 2.05) is 48.8 Å². The third kappa shape index (κ3) is 4.09. The molecule has 3 rings (SSSR count). The third-order valence-electron chi connectivity index (χ3n) is 4.23. The van der Waals surface area contributed by atoms with Crippen molar-refractivity contribution in [3.63, 3.8) is 0 Å². The van der Waals surface area contributed by atoms with Crippen LogP contribution in [0.4, 0.5) is 5.82 Å². The Morgan fingerprint density at radius 2 is 2.09 bits per heavy atom. The number of pyridine rings is 1. The van der Waals surface area contributed by atoms with E-state index in [1.165, 1.54) is 4.88 Å². The van der Waals surface area contributed by atoms with Crippen LogP contribution in [0.25, 0.3) is 0 Å². The Kier molecular flexibility index (Phi) is 5.25. The smallest absolute Gasteiger partial charge is 0.237 e. The molecule has 0 aromatic carbocycles. The van der Waals surface area contributed by atoms with E-state index in [9.17, 15) is 4.79 Å². The molecular formula is C17H22N4OS. The first-order chi connectivity index (χ1) is 11.2. The summed E-state index contributed by atoms with van der Waals surface area (Å²) >= 11 is 1.67. The molecule has 0 radical (unpaired) electrons. The van der Waals surface area contributed by atoms with Gasteiger partial charge >= 0.3 is 0 Å². The van der Waals surface area contributed by atoms with Crippen molar-refractivity contribution in [2.24, 2.45) is 0 Å². The highest BCUT2D eigenvalue weighted by Gasteiger charge is 2.25. The molecule has 0 bridgehead atoms. The second-order valence-electron chi connectivity index (χ2n) is 5.68. The topological polar surface area (TPSA) is 48.5 Å². The van der Waals surface area contributed by atoms with Gasteiger partial charge in [-0.2, -0.15) is 0 Å². The van der Waals surface area contributed by atoms with Crippen LogP contribution in [0.2, 0.25) is 0 Å². The highest BCUT2D eigenvalue weighted by molar-refractivity contribution is 7.09. The lowest BCUT2D eigenvalue weighted by Gasteiger charge is -2.37. The van der Waals surface area contributed by atoms with Crippen molar-refractivity contribution in [2.45, 2.75) is 19.5 Å². The molecule has 0 saturated carbocycles. The fraction of sp³-hybridized carbons (Fsp3) is 0.412. The van der Waals surface area contributed by atoms with Crippen LogP contribution in [0.1, 0.15) is 11.8 Å². The van der Waals surface area contributed by atoms with Gasteiger partial charge < -0.3 is 10.2 Å². The standard InChI is InChI=1S/C17H22N4OS/c1-14(17(22)19-13-15-5-4-12-23-15)20-8-10-21(11-9-20)16-6-2-3-7-18-16/h2-7,12,14H,8-11,13H2,1H3,(H,19,22)/t14-/m0/s1. The second-order valence-corrected chi connectivity index (χ2v) is 6.72. The Morgan fingerprint density at radius 3 is 2.74 bits per heavy atom. The Labute approximate surface area is 140 Å². The van der Waals surface area contributed by atoms with Gasteiger partial charge in [0.15, 0.2) is 0 Å². The summed E-state index contributed by atoms with van der Waals surface area (Å²) in [6.45, 7) is 6.17. The van der Waals surface area contributed by atoms with E-state index in [4.69, 9.17) is 0 Å². The molecule has 1 saturated heterocycles. The molecule has 122 valence electrons. The average molecular weight is 330 g/mol. The van der Waals surface area contributed by atoms with Crippen LogP contribution in [0.5, 0.6) is 0 Å². The number of nitrogens with zero attached hydrogens (tertiary/aromatic N) is 3. The zero-order valence-corrected chi connectivity index (χ0v) is 14.1. The van der Waals surface area contributed by atoms with Crippen molar-refractivity contribution in [1.29, 1.82) is 0 Å². The monoisotopic (exact) mass is 330 g/mol. The number of aromatic nitrogens is 1. The molecule has 0 aliphatic carbocycles. The second kappa shape index (κ2) is 7.57. The van der Waals surface area contributed by atoms with Gasteiger partial charge in [0.1, 0.15) is 5.82 Å². The molecule has 1 atom stereocenters. The van der Waals surface area contributed by atoms with E-state index < -0.39 is 0 Å². The molecule has 1 aliphatic heterocycles. The van der Waals surface area contributed by atoms with E-state index in [2.05, 4.69) is 20.1 Å². The van der Waals surface area contributed by atoms with E-state index in [1.54, 1.807) is 11.3 Å². The summed E-state index contributed by atoms with van der Waals surface area (Å²) in [4.78, 5) is 22.4. The number of piperazine rings is 1. The Morgan fingerprint density at radius 1 is 1.26 bits per heavy atom. The van der Waals surface area contributed by atoms with Crippen molar-refractivity contribution in [1.82, 2.24) is 15.2 Å². The number of hydrogen-bond donors (Lipinski definition) is 1. The number of hydrogen-bond acceptors (Lipinski definition) is 5. The number of rotatable bonds is 5. The van der Waals surface area contributed by atoms with Gasteiger partial charge in [-0.15, -0.1) is 11.3 Å². The van der Waals surface area contributed by atoms with Gasteiger partial charge in [-0.3, -0.25) is 9.69 Å².